The van der Waals surface area contributed by atoms with Crippen LogP contribution in [0.1, 0.15) is 12.8 Å². The summed E-state index contributed by atoms with van der Waals surface area (Å²) in [7, 11) is 0. The van der Waals surface area contributed by atoms with E-state index in [1.807, 2.05) is 6.07 Å². The van der Waals surface area contributed by atoms with Crippen LogP contribution in [0.3, 0.4) is 0 Å². The second kappa shape index (κ2) is 7.22. The molecule has 23 heavy (non-hydrogen) atoms. The molecule has 2 heterocycles. The fourth-order valence-electron chi connectivity index (χ4n) is 1.67. The van der Waals surface area contributed by atoms with Gasteiger partial charge in [-0.2, -0.15) is 0 Å². The number of aromatic amines is 1. The van der Waals surface area contributed by atoms with E-state index in [2.05, 4.69) is 9.97 Å². The number of hydrogen-bond donors (Lipinski definition) is 6. The average molecular weight is 326 g/mol. The van der Waals surface area contributed by atoms with Crippen LogP contribution in [0.25, 0.3) is 10.8 Å². The summed E-state index contributed by atoms with van der Waals surface area (Å²) in [5.41, 5.74) is -2.74. The smallest absolute Gasteiger partial charge is 0.336 e. The van der Waals surface area contributed by atoms with E-state index < -0.39 is 36.4 Å². The summed E-state index contributed by atoms with van der Waals surface area (Å²) in [6.45, 7) is 0. The van der Waals surface area contributed by atoms with Crippen molar-refractivity contribution >= 4 is 28.7 Å². The third kappa shape index (κ3) is 4.97. The molecule has 0 aliphatic heterocycles. The largest absolute Gasteiger partial charge is 0.494 e. The lowest BCUT2D eigenvalue weighted by molar-refractivity contribution is -0.170. The maximum absolute atomic E-state index is 10.3. The number of H-pyrrole nitrogens is 1. The van der Waals surface area contributed by atoms with Gasteiger partial charge in [-0.05, 0) is 6.07 Å². The predicted octanol–water partition coefficient (Wildman–Crippen LogP) is 0.0200. The number of hydrogen-bond acceptors (Lipinski definition) is 6. The van der Waals surface area contributed by atoms with Crippen molar-refractivity contribution in [1.82, 2.24) is 9.97 Å². The van der Waals surface area contributed by atoms with Crippen molar-refractivity contribution in [3.63, 3.8) is 0 Å². The Hall–Kier alpha value is -3.14. The molecule has 0 saturated heterocycles. The third-order valence-electron chi connectivity index (χ3n) is 2.76. The van der Waals surface area contributed by atoms with Crippen molar-refractivity contribution in [2.45, 2.75) is 18.4 Å². The first kappa shape index (κ1) is 17.9. The first-order chi connectivity index (χ1) is 10.7. The molecule has 0 saturated carbocycles. The fraction of sp³-hybridized carbons (Fsp3) is 0.231. The van der Waals surface area contributed by atoms with E-state index in [1.54, 1.807) is 18.6 Å². The molecule has 0 aliphatic rings. The summed E-state index contributed by atoms with van der Waals surface area (Å²) in [5.74, 6) is -4.84. The highest BCUT2D eigenvalue weighted by Gasteiger charge is 2.40. The van der Waals surface area contributed by atoms with Crippen molar-refractivity contribution in [3.05, 3.63) is 24.7 Å². The van der Waals surface area contributed by atoms with Crippen LogP contribution in [0.15, 0.2) is 24.7 Å². The molecule has 2 aromatic heterocycles. The molecule has 0 aliphatic carbocycles. The first-order valence-corrected chi connectivity index (χ1v) is 6.15. The quantitative estimate of drug-likeness (QED) is 0.441. The van der Waals surface area contributed by atoms with Crippen molar-refractivity contribution < 1.29 is 39.9 Å². The van der Waals surface area contributed by atoms with Crippen LogP contribution in [0.4, 0.5) is 0 Å². The van der Waals surface area contributed by atoms with Gasteiger partial charge in [0.1, 0.15) is 0 Å². The highest BCUT2D eigenvalue weighted by Crippen LogP contribution is 2.20. The molecule has 124 valence electrons. The van der Waals surface area contributed by atoms with Crippen LogP contribution in [-0.2, 0) is 14.4 Å². The van der Waals surface area contributed by atoms with Crippen LogP contribution in [0.2, 0.25) is 0 Å². The van der Waals surface area contributed by atoms with E-state index in [9.17, 15) is 14.4 Å². The summed E-state index contributed by atoms with van der Waals surface area (Å²) < 4.78 is 0. The van der Waals surface area contributed by atoms with E-state index >= 15 is 0 Å². The molecule has 0 bridgehead atoms. The van der Waals surface area contributed by atoms with Gasteiger partial charge in [-0.3, -0.25) is 14.6 Å². The number of carbonyl (C=O) groups is 3. The van der Waals surface area contributed by atoms with Crippen LogP contribution >= 0.6 is 0 Å². The summed E-state index contributed by atoms with van der Waals surface area (Å²) >= 11 is 0. The zero-order chi connectivity index (χ0) is 17.6. The number of aliphatic hydroxyl groups is 1. The van der Waals surface area contributed by atoms with Gasteiger partial charge < -0.3 is 30.5 Å². The molecule has 2 aromatic rings. The Bertz CT molecular complexity index is 708. The maximum Gasteiger partial charge on any atom is 0.336 e. The number of rotatable bonds is 5. The highest BCUT2D eigenvalue weighted by molar-refractivity contribution is 5.88. The van der Waals surface area contributed by atoms with Crippen LogP contribution in [-0.4, -0.2) is 59.0 Å². The second-order valence-electron chi connectivity index (χ2n) is 4.58. The molecule has 0 aromatic carbocycles. The lowest BCUT2D eigenvalue weighted by Gasteiger charge is -2.18. The standard InChI is InChI=1S/C7H6N2O.C6H8O7/c10-7-6-4-8-2-1-5(6)3-9-7;7-3(8)1-6(13,5(11)12)2-4(9)10/h1-4,9-10H;13H,1-2H2,(H,7,8)(H,9,10)(H,11,12). The van der Waals surface area contributed by atoms with Crippen LogP contribution < -0.4 is 0 Å². The Balaban J connectivity index is 0.000000235. The number of aromatic hydroxyl groups is 1. The molecule has 0 spiro atoms. The van der Waals surface area contributed by atoms with Crippen molar-refractivity contribution in [2.24, 2.45) is 0 Å². The minimum absolute atomic E-state index is 0.183. The Labute approximate surface area is 128 Å². The summed E-state index contributed by atoms with van der Waals surface area (Å²) in [6.07, 6.45) is 2.77. The van der Waals surface area contributed by atoms with E-state index in [4.69, 9.17) is 25.5 Å². The number of aromatic nitrogens is 2. The molecule has 2 rings (SSSR count). The topological polar surface area (TPSA) is 181 Å². The zero-order valence-electron chi connectivity index (χ0n) is 11.6. The lowest BCUT2D eigenvalue weighted by Crippen LogP contribution is -2.42. The van der Waals surface area contributed by atoms with E-state index in [0.717, 1.165) is 10.8 Å². The fourth-order valence-corrected chi connectivity index (χ4v) is 1.67. The lowest BCUT2D eigenvalue weighted by atomic mass is 9.96. The van der Waals surface area contributed by atoms with Gasteiger partial charge in [0.05, 0.1) is 18.2 Å². The Morgan fingerprint density at radius 2 is 1.70 bits per heavy atom. The minimum atomic E-state index is -2.74. The summed E-state index contributed by atoms with van der Waals surface area (Å²) in [5, 5.41) is 44.7. The third-order valence-corrected chi connectivity index (χ3v) is 2.76. The molecular formula is C13H14N2O8. The SMILES string of the molecule is O=C(O)CC(O)(CC(=O)O)C(=O)O.Oc1[nH]cc2ccncc12. The van der Waals surface area contributed by atoms with Gasteiger partial charge in [-0.1, -0.05) is 0 Å². The summed E-state index contributed by atoms with van der Waals surface area (Å²) in [4.78, 5) is 37.0. The highest BCUT2D eigenvalue weighted by atomic mass is 16.4. The first-order valence-electron chi connectivity index (χ1n) is 6.15. The Morgan fingerprint density at radius 1 is 1.13 bits per heavy atom. The van der Waals surface area contributed by atoms with Gasteiger partial charge in [0.25, 0.3) is 0 Å². The zero-order valence-corrected chi connectivity index (χ0v) is 11.6. The van der Waals surface area contributed by atoms with Crippen molar-refractivity contribution in [3.8, 4) is 5.88 Å². The number of fused-ring (bicyclic) bond motifs is 1. The molecule has 6 N–H and O–H groups in total. The molecule has 0 fully saturated rings. The van der Waals surface area contributed by atoms with Gasteiger partial charge in [0, 0.05) is 24.0 Å². The van der Waals surface area contributed by atoms with Crippen LogP contribution in [0, 0.1) is 0 Å². The molecule has 0 radical (unpaired) electrons. The number of carboxylic acids is 3. The van der Waals surface area contributed by atoms with E-state index in [0.29, 0.717) is 0 Å². The number of carboxylic acid groups (broad SMARTS) is 3. The van der Waals surface area contributed by atoms with Crippen LogP contribution in [0.5, 0.6) is 5.88 Å². The van der Waals surface area contributed by atoms with Gasteiger partial charge in [0.15, 0.2) is 11.5 Å². The molecule has 0 unspecified atom stereocenters. The monoisotopic (exact) mass is 326 g/mol. The van der Waals surface area contributed by atoms with Gasteiger partial charge in [-0.25, -0.2) is 4.79 Å². The normalized spacial score (nSPS) is 10.7. The Morgan fingerprint density at radius 3 is 2.13 bits per heavy atom. The van der Waals surface area contributed by atoms with E-state index in [1.165, 1.54) is 0 Å². The van der Waals surface area contributed by atoms with Gasteiger partial charge in [0.2, 0.25) is 0 Å². The van der Waals surface area contributed by atoms with Crippen molar-refractivity contribution in [1.29, 1.82) is 0 Å². The summed E-state index contributed by atoms with van der Waals surface area (Å²) in [6, 6.07) is 1.84. The number of nitrogens with zero attached hydrogens (tertiary/aromatic N) is 1. The van der Waals surface area contributed by atoms with Crippen molar-refractivity contribution in [2.75, 3.05) is 0 Å². The maximum atomic E-state index is 10.3. The number of nitrogens with one attached hydrogen (secondary N) is 1. The molecule has 10 nitrogen and oxygen atoms in total. The number of pyridine rings is 1. The average Bonchev–Trinajstić information content (AvgIpc) is 2.80. The molecule has 0 atom stereocenters. The second-order valence-corrected chi connectivity index (χ2v) is 4.58. The predicted molar refractivity (Wildman–Crippen MR) is 74.8 cm³/mol. The minimum Gasteiger partial charge on any atom is -0.494 e. The molecular weight excluding hydrogens is 312 g/mol. The van der Waals surface area contributed by atoms with Gasteiger partial charge >= 0.3 is 17.9 Å². The number of aliphatic carboxylic acids is 3. The van der Waals surface area contributed by atoms with E-state index in [-0.39, 0.29) is 5.88 Å². The molecule has 10 heteroatoms. The Kier molecular flexibility index (Phi) is 5.62. The molecule has 0 amide bonds. The van der Waals surface area contributed by atoms with Gasteiger partial charge in [-0.15, -0.1) is 0 Å².